The second-order valence-corrected chi connectivity index (χ2v) is 6.19. The van der Waals surface area contributed by atoms with Crippen LogP contribution in [0.5, 0.6) is 11.5 Å². The number of nitrogens with zero attached hydrogens (tertiary/aromatic N) is 1. The number of methoxy groups -OCH3 is 2. The molecule has 0 amide bonds. The maximum atomic E-state index is 10.6. The Bertz CT molecular complexity index is 659. The van der Waals surface area contributed by atoms with Crippen LogP contribution in [0.2, 0.25) is 0 Å². The Morgan fingerprint density at radius 1 is 1.12 bits per heavy atom. The molecule has 128 valence electrons. The molecule has 2 aromatic rings. The molecule has 1 heterocycles. The number of rotatable bonds is 6. The van der Waals surface area contributed by atoms with E-state index in [0.717, 1.165) is 42.0 Å². The van der Waals surface area contributed by atoms with Gasteiger partial charge in [0.25, 0.3) is 0 Å². The third kappa shape index (κ3) is 3.55. The third-order valence-electron chi connectivity index (χ3n) is 4.75. The maximum Gasteiger partial charge on any atom is 0.123 e. The van der Waals surface area contributed by atoms with Crippen LogP contribution in [-0.2, 0) is 0 Å². The first-order chi connectivity index (χ1) is 11.7. The summed E-state index contributed by atoms with van der Waals surface area (Å²) in [5, 5.41) is 10.6. The van der Waals surface area contributed by atoms with Gasteiger partial charge in [-0.05, 0) is 43.1 Å². The van der Waals surface area contributed by atoms with Gasteiger partial charge >= 0.3 is 0 Å². The van der Waals surface area contributed by atoms with Gasteiger partial charge in [0.1, 0.15) is 11.5 Å². The number of hydrogen-bond acceptors (Lipinski definition) is 4. The van der Waals surface area contributed by atoms with Crippen LogP contribution in [-0.4, -0.2) is 37.3 Å². The maximum absolute atomic E-state index is 10.6. The highest BCUT2D eigenvalue weighted by molar-refractivity contribution is 5.42. The topological polar surface area (TPSA) is 41.9 Å². The molecule has 3 rings (SSSR count). The zero-order valence-electron chi connectivity index (χ0n) is 14.3. The predicted molar refractivity (Wildman–Crippen MR) is 94.5 cm³/mol. The van der Waals surface area contributed by atoms with Gasteiger partial charge in [-0.25, -0.2) is 0 Å². The van der Waals surface area contributed by atoms with Crippen molar-refractivity contribution < 1.29 is 14.6 Å². The Labute approximate surface area is 143 Å². The van der Waals surface area contributed by atoms with Crippen LogP contribution in [0.15, 0.2) is 48.5 Å². The van der Waals surface area contributed by atoms with Gasteiger partial charge in [-0.1, -0.05) is 30.3 Å². The van der Waals surface area contributed by atoms with Gasteiger partial charge in [0, 0.05) is 18.2 Å². The average molecular weight is 327 g/mol. The zero-order valence-corrected chi connectivity index (χ0v) is 14.3. The third-order valence-corrected chi connectivity index (χ3v) is 4.75. The Morgan fingerprint density at radius 3 is 2.62 bits per heavy atom. The molecule has 2 unspecified atom stereocenters. The first kappa shape index (κ1) is 16.8. The molecule has 1 aliphatic heterocycles. The quantitative estimate of drug-likeness (QED) is 0.881. The number of aliphatic hydroxyl groups excluding tert-OH is 1. The molecule has 1 fully saturated rings. The second kappa shape index (κ2) is 7.69. The molecule has 0 bridgehead atoms. The van der Waals surface area contributed by atoms with E-state index in [1.807, 2.05) is 42.5 Å². The van der Waals surface area contributed by atoms with E-state index in [-0.39, 0.29) is 6.04 Å². The number of β-amino-alcohol motifs (C(OH)–C–C–N with tert-alkyl or cyclic N) is 1. The van der Waals surface area contributed by atoms with Crippen molar-refractivity contribution in [2.45, 2.75) is 25.0 Å². The highest BCUT2D eigenvalue weighted by Gasteiger charge is 2.30. The van der Waals surface area contributed by atoms with E-state index in [1.165, 1.54) is 0 Å². The molecule has 0 saturated carbocycles. The number of benzene rings is 2. The number of aliphatic hydroxyl groups is 1. The minimum atomic E-state index is -0.483. The van der Waals surface area contributed by atoms with Crippen molar-refractivity contribution in [2.75, 3.05) is 27.3 Å². The minimum absolute atomic E-state index is 0.244. The van der Waals surface area contributed by atoms with Crippen LogP contribution in [0.3, 0.4) is 0 Å². The lowest BCUT2D eigenvalue weighted by Gasteiger charge is -2.28. The fraction of sp³-hybridized carbons (Fsp3) is 0.400. The molecular formula is C20H25NO3. The molecule has 1 aliphatic rings. The summed E-state index contributed by atoms with van der Waals surface area (Å²) in [5.74, 6) is 1.71. The Kier molecular flexibility index (Phi) is 5.38. The molecule has 0 aromatic heterocycles. The summed E-state index contributed by atoms with van der Waals surface area (Å²) in [4.78, 5) is 2.34. The van der Waals surface area contributed by atoms with Crippen molar-refractivity contribution in [3.8, 4) is 11.5 Å². The van der Waals surface area contributed by atoms with Gasteiger partial charge in [0.15, 0.2) is 0 Å². The van der Waals surface area contributed by atoms with E-state index in [1.54, 1.807) is 14.2 Å². The van der Waals surface area contributed by atoms with E-state index in [0.29, 0.717) is 6.54 Å². The Balaban J connectivity index is 1.81. The summed E-state index contributed by atoms with van der Waals surface area (Å²) >= 11 is 0. The zero-order chi connectivity index (χ0) is 16.9. The van der Waals surface area contributed by atoms with Gasteiger partial charge in [-0.15, -0.1) is 0 Å². The highest BCUT2D eigenvalue weighted by Crippen LogP contribution is 2.39. The molecular weight excluding hydrogens is 302 g/mol. The molecule has 24 heavy (non-hydrogen) atoms. The summed E-state index contributed by atoms with van der Waals surface area (Å²) in [6.07, 6.45) is 1.70. The van der Waals surface area contributed by atoms with Crippen LogP contribution in [0, 0.1) is 0 Å². The highest BCUT2D eigenvalue weighted by atomic mass is 16.5. The molecule has 1 saturated heterocycles. The minimum Gasteiger partial charge on any atom is -0.497 e. The monoisotopic (exact) mass is 327 g/mol. The lowest BCUT2D eigenvalue weighted by molar-refractivity contribution is 0.105. The Hall–Kier alpha value is -2.04. The van der Waals surface area contributed by atoms with Crippen LogP contribution in [0.25, 0.3) is 0 Å². The van der Waals surface area contributed by atoms with E-state index in [9.17, 15) is 5.11 Å². The lowest BCUT2D eigenvalue weighted by atomic mass is 10.0. The van der Waals surface area contributed by atoms with Crippen molar-refractivity contribution in [3.63, 3.8) is 0 Å². The fourth-order valence-corrected chi connectivity index (χ4v) is 3.50. The molecule has 4 nitrogen and oxygen atoms in total. The van der Waals surface area contributed by atoms with Gasteiger partial charge in [-0.3, -0.25) is 4.90 Å². The molecule has 2 atom stereocenters. The number of hydrogen-bond donors (Lipinski definition) is 1. The predicted octanol–water partition coefficient (Wildman–Crippen LogP) is 3.57. The summed E-state index contributed by atoms with van der Waals surface area (Å²) in [7, 11) is 3.38. The first-order valence-electron chi connectivity index (χ1n) is 8.42. The van der Waals surface area contributed by atoms with Crippen LogP contribution in [0.1, 0.15) is 36.1 Å². The summed E-state index contributed by atoms with van der Waals surface area (Å²) in [6.45, 7) is 1.60. The van der Waals surface area contributed by atoms with Crippen LogP contribution in [0.4, 0.5) is 0 Å². The Morgan fingerprint density at radius 2 is 1.92 bits per heavy atom. The van der Waals surface area contributed by atoms with Gasteiger partial charge in [-0.2, -0.15) is 0 Å². The number of likely N-dealkylation sites (tertiary alicyclic amines) is 1. The summed E-state index contributed by atoms with van der Waals surface area (Å²) in [5.41, 5.74) is 2.09. The van der Waals surface area contributed by atoms with Crippen molar-refractivity contribution in [3.05, 3.63) is 59.7 Å². The van der Waals surface area contributed by atoms with Crippen molar-refractivity contribution in [2.24, 2.45) is 0 Å². The average Bonchev–Trinajstić information content (AvgIpc) is 3.09. The standard InChI is InChI=1S/C20H25NO3/c1-23-16-10-11-20(24-2)17(13-16)18-9-6-12-21(18)14-19(22)15-7-4-3-5-8-15/h3-5,7-8,10-11,13,18-19,22H,6,9,12,14H2,1-2H3. The van der Waals surface area contributed by atoms with Crippen LogP contribution >= 0.6 is 0 Å². The summed E-state index contributed by atoms with van der Waals surface area (Å²) < 4.78 is 10.9. The van der Waals surface area contributed by atoms with Gasteiger partial charge in [0.05, 0.1) is 20.3 Å². The number of ether oxygens (including phenoxy) is 2. The normalized spacial score (nSPS) is 19.2. The molecule has 0 spiro atoms. The smallest absolute Gasteiger partial charge is 0.123 e. The molecule has 2 aromatic carbocycles. The van der Waals surface area contributed by atoms with Crippen LogP contribution < -0.4 is 9.47 Å². The van der Waals surface area contributed by atoms with Crippen molar-refractivity contribution in [1.82, 2.24) is 4.90 Å². The van der Waals surface area contributed by atoms with E-state index < -0.39 is 6.10 Å². The van der Waals surface area contributed by atoms with Crippen molar-refractivity contribution >= 4 is 0 Å². The van der Waals surface area contributed by atoms with E-state index >= 15 is 0 Å². The molecule has 1 N–H and O–H groups in total. The van der Waals surface area contributed by atoms with E-state index in [4.69, 9.17) is 9.47 Å². The van der Waals surface area contributed by atoms with Crippen molar-refractivity contribution in [1.29, 1.82) is 0 Å². The largest absolute Gasteiger partial charge is 0.497 e. The summed E-state index contributed by atoms with van der Waals surface area (Å²) in [6, 6.07) is 16.0. The van der Waals surface area contributed by atoms with Gasteiger partial charge < -0.3 is 14.6 Å². The SMILES string of the molecule is COc1ccc(OC)c(C2CCCN2CC(O)c2ccccc2)c1. The molecule has 4 heteroatoms. The molecule has 0 aliphatic carbocycles. The van der Waals surface area contributed by atoms with Gasteiger partial charge in [0.2, 0.25) is 0 Å². The lowest BCUT2D eigenvalue weighted by Crippen LogP contribution is -2.28. The molecule has 0 radical (unpaired) electrons. The first-order valence-corrected chi connectivity index (χ1v) is 8.42. The second-order valence-electron chi connectivity index (χ2n) is 6.19. The van der Waals surface area contributed by atoms with E-state index in [2.05, 4.69) is 11.0 Å². The fourth-order valence-electron chi connectivity index (χ4n) is 3.50.